The van der Waals surface area contributed by atoms with Crippen molar-refractivity contribution >= 4 is 44.6 Å². The number of para-hydroxylation sites is 2. The van der Waals surface area contributed by atoms with Gasteiger partial charge in [-0.05, 0) is 37.3 Å². The molecule has 0 aliphatic heterocycles. The van der Waals surface area contributed by atoms with Gasteiger partial charge >= 0.3 is 0 Å². The van der Waals surface area contributed by atoms with Crippen LogP contribution in [-0.4, -0.2) is 19.6 Å². The first-order chi connectivity index (χ1) is 11.6. The molecule has 0 atom stereocenters. The van der Waals surface area contributed by atoms with E-state index in [1.54, 1.807) is 13.2 Å². The maximum Gasteiger partial charge on any atom is 0.267 e. The maximum atomic E-state index is 12.6. The van der Waals surface area contributed by atoms with Crippen LogP contribution in [-0.2, 0) is 0 Å². The molecule has 2 aromatic carbocycles. The number of methoxy groups -OCH3 is 1. The minimum absolute atomic E-state index is 0.257. The molecular weight excluding hydrogens is 346 g/mol. The Morgan fingerprint density at radius 1 is 1.25 bits per heavy atom. The van der Waals surface area contributed by atoms with E-state index < -0.39 is 0 Å². The second-order valence-corrected chi connectivity index (χ2v) is 6.42. The van der Waals surface area contributed by atoms with Crippen LogP contribution in [0.3, 0.4) is 0 Å². The van der Waals surface area contributed by atoms with Gasteiger partial charge < -0.3 is 14.8 Å². The van der Waals surface area contributed by atoms with Crippen molar-refractivity contribution in [2.45, 2.75) is 6.92 Å². The predicted octanol–water partition coefficient (Wildman–Crippen LogP) is 5.21. The lowest BCUT2D eigenvalue weighted by molar-refractivity contribution is 0.103. The Morgan fingerprint density at radius 2 is 2.04 bits per heavy atom. The number of rotatable bonds is 5. The molecule has 1 heterocycles. The number of carbonyl (C=O) groups excluding carboxylic acids is 1. The Labute approximate surface area is 149 Å². The summed E-state index contributed by atoms with van der Waals surface area (Å²) >= 11 is 7.76. The summed E-state index contributed by atoms with van der Waals surface area (Å²) in [6.07, 6.45) is 0. The number of benzene rings is 2. The van der Waals surface area contributed by atoms with Crippen molar-refractivity contribution in [3.8, 4) is 11.5 Å². The summed E-state index contributed by atoms with van der Waals surface area (Å²) < 4.78 is 11.7. The van der Waals surface area contributed by atoms with Crippen molar-refractivity contribution in [3.05, 3.63) is 52.4 Å². The Kier molecular flexibility index (Phi) is 4.92. The molecule has 24 heavy (non-hydrogen) atoms. The minimum Gasteiger partial charge on any atom is -0.497 e. The van der Waals surface area contributed by atoms with Crippen molar-refractivity contribution < 1.29 is 14.3 Å². The van der Waals surface area contributed by atoms with E-state index in [1.165, 1.54) is 11.3 Å². The summed E-state index contributed by atoms with van der Waals surface area (Å²) in [5.74, 6) is 1.08. The van der Waals surface area contributed by atoms with Gasteiger partial charge in [0.1, 0.15) is 16.4 Å². The highest BCUT2D eigenvalue weighted by molar-refractivity contribution is 7.21. The Hall–Kier alpha value is -2.24. The monoisotopic (exact) mass is 361 g/mol. The standard InChI is InChI=1S/C18H16ClNO3S/c1-3-23-14-7-5-4-6-13(14)20-18(21)17-16(19)12-10-11(22-2)8-9-15(12)24-17/h4-10H,3H2,1-2H3,(H,20,21). The fourth-order valence-electron chi connectivity index (χ4n) is 2.35. The second-order valence-electron chi connectivity index (χ2n) is 4.99. The van der Waals surface area contributed by atoms with Crippen molar-refractivity contribution in [1.82, 2.24) is 0 Å². The molecule has 3 rings (SSSR count). The largest absolute Gasteiger partial charge is 0.497 e. The Bertz CT molecular complexity index is 891. The Balaban J connectivity index is 1.93. The Morgan fingerprint density at radius 3 is 2.79 bits per heavy atom. The molecule has 0 saturated heterocycles. The van der Waals surface area contributed by atoms with Crippen molar-refractivity contribution in [1.29, 1.82) is 0 Å². The van der Waals surface area contributed by atoms with E-state index in [1.807, 2.05) is 43.3 Å². The number of halogens is 1. The second kappa shape index (κ2) is 7.11. The average molecular weight is 362 g/mol. The normalized spacial score (nSPS) is 10.6. The van der Waals surface area contributed by atoms with E-state index in [2.05, 4.69) is 5.32 Å². The molecule has 0 unspecified atom stereocenters. The molecule has 0 radical (unpaired) electrons. The molecule has 1 aromatic heterocycles. The van der Waals surface area contributed by atoms with Gasteiger partial charge in [-0.25, -0.2) is 0 Å². The van der Waals surface area contributed by atoms with Crippen molar-refractivity contribution in [2.24, 2.45) is 0 Å². The van der Waals surface area contributed by atoms with Crippen LogP contribution in [0.4, 0.5) is 5.69 Å². The van der Waals surface area contributed by atoms with E-state index in [-0.39, 0.29) is 5.91 Å². The molecule has 0 spiro atoms. The maximum absolute atomic E-state index is 12.6. The van der Waals surface area contributed by atoms with Crippen molar-refractivity contribution in [3.63, 3.8) is 0 Å². The van der Waals surface area contributed by atoms with Gasteiger partial charge in [0.25, 0.3) is 5.91 Å². The first-order valence-electron chi connectivity index (χ1n) is 7.43. The molecule has 4 nitrogen and oxygen atoms in total. The fourth-order valence-corrected chi connectivity index (χ4v) is 3.73. The third-order valence-electron chi connectivity index (χ3n) is 3.48. The lowest BCUT2D eigenvalue weighted by Gasteiger charge is -2.10. The molecular formula is C18H16ClNO3S. The number of amides is 1. The number of fused-ring (bicyclic) bond motifs is 1. The molecule has 0 saturated carbocycles. The fraction of sp³-hybridized carbons (Fsp3) is 0.167. The van der Waals surface area contributed by atoms with Gasteiger partial charge in [-0.2, -0.15) is 0 Å². The van der Waals surface area contributed by atoms with E-state index >= 15 is 0 Å². The number of ether oxygens (including phenoxy) is 2. The number of hydrogen-bond donors (Lipinski definition) is 1. The van der Waals surface area contributed by atoms with Crippen LogP contribution in [0.5, 0.6) is 11.5 Å². The molecule has 1 amide bonds. The minimum atomic E-state index is -0.257. The number of anilines is 1. The van der Waals surface area contributed by atoms with Gasteiger partial charge in [-0.3, -0.25) is 4.79 Å². The van der Waals surface area contributed by atoms with Crippen LogP contribution in [0.15, 0.2) is 42.5 Å². The highest BCUT2D eigenvalue weighted by atomic mass is 35.5. The summed E-state index contributed by atoms with van der Waals surface area (Å²) in [5, 5.41) is 4.11. The summed E-state index contributed by atoms with van der Waals surface area (Å²) in [4.78, 5) is 13.1. The number of thiophene rings is 1. The summed E-state index contributed by atoms with van der Waals surface area (Å²) in [7, 11) is 1.60. The van der Waals surface area contributed by atoms with E-state index in [0.29, 0.717) is 33.7 Å². The van der Waals surface area contributed by atoms with Crippen LogP contribution in [0.2, 0.25) is 5.02 Å². The topological polar surface area (TPSA) is 47.6 Å². The number of nitrogens with one attached hydrogen (secondary N) is 1. The number of carbonyl (C=O) groups is 1. The van der Waals surface area contributed by atoms with E-state index in [4.69, 9.17) is 21.1 Å². The predicted molar refractivity (Wildman–Crippen MR) is 99.0 cm³/mol. The highest BCUT2D eigenvalue weighted by Crippen LogP contribution is 2.38. The summed E-state index contributed by atoms with van der Waals surface area (Å²) in [6, 6.07) is 12.9. The molecule has 1 N–H and O–H groups in total. The van der Waals surface area contributed by atoms with Crippen LogP contribution < -0.4 is 14.8 Å². The van der Waals surface area contributed by atoms with Crippen molar-refractivity contribution in [2.75, 3.05) is 19.0 Å². The molecule has 0 bridgehead atoms. The van der Waals surface area contributed by atoms with Crippen LogP contribution in [0.25, 0.3) is 10.1 Å². The zero-order chi connectivity index (χ0) is 17.1. The average Bonchev–Trinajstić information content (AvgIpc) is 2.93. The number of hydrogen-bond acceptors (Lipinski definition) is 4. The zero-order valence-corrected chi connectivity index (χ0v) is 14.8. The summed E-state index contributed by atoms with van der Waals surface area (Å²) in [5.41, 5.74) is 0.621. The van der Waals surface area contributed by atoms with Gasteiger partial charge in [0.15, 0.2) is 0 Å². The molecule has 0 aliphatic carbocycles. The van der Waals surface area contributed by atoms with Gasteiger partial charge in [-0.15, -0.1) is 11.3 Å². The van der Waals surface area contributed by atoms with E-state index in [0.717, 1.165) is 10.1 Å². The van der Waals surface area contributed by atoms with Crippen LogP contribution in [0, 0.1) is 0 Å². The first kappa shape index (κ1) is 16.6. The van der Waals surface area contributed by atoms with Crippen LogP contribution in [0.1, 0.15) is 16.6 Å². The molecule has 0 fully saturated rings. The third kappa shape index (κ3) is 3.18. The lowest BCUT2D eigenvalue weighted by Crippen LogP contribution is -2.11. The van der Waals surface area contributed by atoms with E-state index in [9.17, 15) is 4.79 Å². The third-order valence-corrected chi connectivity index (χ3v) is 5.15. The zero-order valence-electron chi connectivity index (χ0n) is 13.3. The smallest absolute Gasteiger partial charge is 0.267 e. The molecule has 6 heteroatoms. The highest BCUT2D eigenvalue weighted by Gasteiger charge is 2.19. The van der Waals surface area contributed by atoms with Crippen LogP contribution >= 0.6 is 22.9 Å². The lowest BCUT2D eigenvalue weighted by atomic mass is 10.2. The summed E-state index contributed by atoms with van der Waals surface area (Å²) in [6.45, 7) is 2.42. The van der Waals surface area contributed by atoms with Gasteiger partial charge in [0.05, 0.1) is 24.4 Å². The molecule has 3 aromatic rings. The molecule has 124 valence electrons. The quantitative estimate of drug-likeness (QED) is 0.678. The first-order valence-corrected chi connectivity index (χ1v) is 8.62. The van der Waals surface area contributed by atoms with Gasteiger partial charge in [0, 0.05) is 10.1 Å². The SMILES string of the molecule is CCOc1ccccc1NC(=O)c1sc2ccc(OC)cc2c1Cl. The van der Waals surface area contributed by atoms with Gasteiger partial charge in [0.2, 0.25) is 0 Å². The van der Waals surface area contributed by atoms with Gasteiger partial charge in [-0.1, -0.05) is 23.7 Å². The molecule has 0 aliphatic rings.